The Morgan fingerprint density at radius 2 is 1.50 bits per heavy atom. The number of benzene rings is 3. The number of rotatable bonds is 4. The van der Waals surface area contributed by atoms with E-state index in [2.05, 4.69) is 0 Å². The zero-order valence-corrected chi connectivity index (χ0v) is 18.5. The number of β-lactam (4-membered cyclic amide) rings is 1. The molecule has 0 aliphatic carbocycles. The van der Waals surface area contributed by atoms with Crippen molar-refractivity contribution in [2.75, 3.05) is 4.90 Å². The predicted molar refractivity (Wildman–Crippen MR) is 120 cm³/mol. The summed E-state index contributed by atoms with van der Waals surface area (Å²) in [6, 6.07) is 11.2. The van der Waals surface area contributed by atoms with Gasteiger partial charge in [-0.1, -0.05) is 41.4 Å². The van der Waals surface area contributed by atoms with Crippen LogP contribution in [0, 0.1) is 15.9 Å². The van der Waals surface area contributed by atoms with Crippen LogP contribution in [0.3, 0.4) is 0 Å². The van der Waals surface area contributed by atoms with Crippen molar-refractivity contribution in [2.45, 2.75) is 12.1 Å². The maximum Gasteiger partial charge on any atom is 0.282 e. The number of nitro groups is 1. The molecule has 0 radical (unpaired) electrons. The first-order valence-electron chi connectivity index (χ1n) is 9.89. The predicted octanol–water partition coefficient (Wildman–Crippen LogP) is 4.79. The first-order chi connectivity index (χ1) is 16.2. The molecular weight excluding hydrogens is 488 g/mol. The summed E-state index contributed by atoms with van der Waals surface area (Å²) in [7, 11) is 0. The van der Waals surface area contributed by atoms with Crippen LogP contribution in [-0.2, 0) is 4.79 Å². The lowest BCUT2D eigenvalue weighted by atomic mass is 9.86. The number of nitrogens with zero attached hydrogens (tertiary/aromatic N) is 3. The minimum atomic E-state index is -1.31. The van der Waals surface area contributed by atoms with E-state index < -0.39 is 46.2 Å². The summed E-state index contributed by atoms with van der Waals surface area (Å²) in [4.78, 5) is 52.5. The van der Waals surface area contributed by atoms with E-state index in [0.717, 1.165) is 11.0 Å². The van der Waals surface area contributed by atoms with Crippen LogP contribution in [0.25, 0.3) is 0 Å². The molecule has 0 bridgehead atoms. The second-order valence-electron chi connectivity index (χ2n) is 7.71. The number of fused-ring (bicyclic) bond motifs is 1. The maximum atomic E-state index is 13.6. The minimum Gasteiger partial charge on any atom is -0.300 e. The Morgan fingerprint density at radius 3 is 2.12 bits per heavy atom. The molecule has 2 aliphatic heterocycles. The van der Waals surface area contributed by atoms with Gasteiger partial charge in [-0.25, -0.2) is 4.39 Å². The van der Waals surface area contributed by atoms with Crippen LogP contribution in [0.1, 0.15) is 32.3 Å². The van der Waals surface area contributed by atoms with Crippen LogP contribution < -0.4 is 4.90 Å². The van der Waals surface area contributed by atoms with Gasteiger partial charge >= 0.3 is 0 Å². The van der Waals surface area contributed by atoms with Gasteiger partial charge in [-0.2, -0.15) is 0 Å². The fourth-order valence-electron chi connectivity index (χ4n) is 4.37. The van der Waals surface area contributed by atoms with Crippen molar-refractivity contribution in [1.29, 1.82) is 0 Å². The maximum absolute atomic E-state index is 13.6. The fraction of sp³-hybridized carbons (Fsp3) is 0.0870. The zero-order chi connectivity index (χ0) is 24.3. The van der Waals surface area contributed by atoms with Gasteiger partial charge in [-0.15, -0.1) is 0 Å². The molecule has 2 heterocycles. The first kappa shape index (κ1) is 22.0. The molecule has 2 aliphatic rings. The monoisotopic (exact) mass is 499 g/mol. The molecule has 0 unspecified atom stereocenters. The normalized spacial score (nSPS) is 19.3. The molecular formula is C23H12Cl2FN3O5. The topological polar surface area (TPSA) is 101 Å². The van der Waals surface area contributed by atoms with Gasteiger partial charge in [-0.05, 0) is 42.0 Å². The molecule has 1 saturated heterocycles. The number of amides is 3. The van der Waals surface area contributed by atoms with E-state index in [1.165, 1.54) is 59.5 Å². The van der Waals surface area contributed by atoms with Crippen LogP contribution in [0.15, 0.2) is 60.7 Å². The van der Waals surface area contributed by atoms with Gasteiger partial charge < -0.3 is 4.90 Å². The van der Waals surface area contributed by atoms with Gasteiger partial charge in [0.25, 0.3) is 23.4 Å². The number of hydrogen-bond donors (Lipinski definition) is 0. The molecule has 8 nitrogen and oxygen atoms in total. The molecule has 170 valence electrons. The summed E-state index contributed by atoms with van der Waals surface area (Å²) >= 11 is 12.2. The highest BCUT2D eigenvalue weighted by Crippen LogP contribution is 2.46. The van der Waals surface area contributed by atoms with Crippen LogP contribution in [0.4, 0.5) is 15.8 Å². The molecule has 2 atom stereocenters. The molecule has 3 aromatic rings. The Morgan fingerprint density at radius 1 is 0.853 bits per heavy atom. The van der Waals surface area contributed by atoms with Crippen molar-refractivity contribution in [3.05, 3.63) is 103 Å². The average molecular weight is 500 g/mol. The molecule has 34 heavy (non-hydrogen) atoms. The second kappa shape index (κ2) is 7.89. The number of hydrogen-bond acceptors (Lipinski definition) is 5. The third-order valence-corrected chi connectivity index (χ3v) is 6.24. The van der Waals surface area contributed by atoms with Gasteiger partial charge in [0.1, 0.15) is 17.4 Å². The van der Waals surface area contributed by atoms with Gasteiger partial charge in [0, 0.05) is 21.8 Å². The molecule has 0 N–H and O–H groups in total. The van der Waals surface area contributed by atoms with Crippen molar-refractivity contribution in [3.8, 4) is 0 Å². The Labute approximate surface area is 201 Å². The van der Waals surface area contributed by atoms with E-state index in [1.54, 1.807) is 0 Å². The average Bonchev–Trinajstić information content (AvgIpc) is 3.03. The summed E-state index contributed by atoms with van der Waals surface area (Å²) < 4.78 is 13.6. The lowest BCUT2D eigenvalue weighted by Gasteiger charge is -2.49. The number of nitro benzene ring substituents is 1. The van der Waals surface area contributed by atoms with E-state index >= 15 is 0 Å². The lowest BCUT2D eigenvalue weighted by Crippen LogP contribution is -2.67. The third kappa shape index (κ3) is 3.24. The van der Waals surface area contributed by atoms with E-state index in [1.807, 2.05) is 0 Å². The minimum absolute atomic E-state index is 0.158. The van der Waals surface area contributed by atoms with Crippen LogP contribution in [-0.4, -0.2) is 33.6 Å². The highest BCUT2D eigenvalue weighted by atomic mass is 35.5. The van der Waals surface area contributed by atoms with E-state index in [9.17, 15) is 28.9 Å². The molecule has 0 spiro atoms. The van der Waals surface area contributed by atoms with Gasteiger partial charge in [0.05, 0.1) is 16.5 Å². The molecule has 0 aromatic heterocycles. The van der Waals surface area contributed by atoms with Crippen molar-refractivity contribution in [3.63, 3.8) is 0 Å². The highest BCUT2D eigenvalue weighted by Gasteiger charge is 2.58. The van der Waals surface area contributed by atoms with Crippen molar-refractivity contribution in [1.82, 2.24) is 4.90 Å². The van der Waals surface area contributed by atoms with Crippen molar-refractivity contribution < 1.29 is 23.7 Å². The van der Waals surface area contributed by atoms with Crippen molar-refractivity contribution in [2.24, 2.45) is 0 Å². The van der Waals surface area contributed by atoms with Crippen LogP contribution in [0.2, 0.25) is 10.0 Å². The zero-order valence-electron chi connectivity index (χ0n) is 16.9. The quantitative estimate of drug-likeness (QED) is 0.222. The molecule has 1 fully saturated rings. The van der Waals surface area contributed by atoms with E-state index in [4.69, 9.17) is 23.2 Å². The summed E-state index contributed by atoms with van der Waals surface area (Å²) in [5.74, 6) is -2.90. The van der Waals surface area contributed by atoms with Gasteiger partial charge in [-0.3, -0.25) is 29.4 Å². The summed E-state index contributed by atoms with van der Waals surface area (Å²) in [6.07, 6.45) is 0. The van der Waals surface area contributed by atoms with Crippen LogP contribution >= 0.6 is 23.2 Å². The number of halogens is 3. The Kier molecular flexibility index (Phi) is 5.11. The summed E-state index contributed by atoms with van der Waals surface area (Å²) in [5, 5.41) is 12.0. The second-order valence-corrected chi connectivity index (χ2v) is 8.59. The number of imide groups is 1. The molecule has 3 aromatic carbocycles. The SMILES string of the molecule is O=C1c2cccc([N+](=O)[O-])c2C(=O)N1[C@H]1C(=O)N(c2cc(Cl)cc(Cl)c2)[C@@H]1c1ccc(F)cc1. The Balaban J connectivity index is 1.62. The number of carbonyl (C=O) groups excluding carboxylic acids is 3. The van der Waals surface area contributed by atoms with Crippen molar-refractivity contribution >= 4 is 52.3 Å². The Bertz CT molecular complexity index is 1390. The summed E-state index contributed by atoms with van der Waals surface area (Å²) in [6.45, 7) is 0. The molecule has 11 heteroatoms. The third-order valence-electron chi connectivity index (χ3n) is 5.80. The lowest BCUT2D eigenvalue weighted by molar-refractivity contribution is -0.385. The molecule has 0 saturated carbocycles. The van der Waals surface area contributed by atoms with Crippen LogP contribution in [0.5, 0.6) is 0 Å². The molecule has 5 rings (SSSR count). The van der Waals surface area contributed by atoms with Gasteiger partial charge in [0.15, 0.2) is 0 Å². The standard InChI is InChI=1S/C23H12Cl2FN3O5/c24-12-8-13(25)10-15(9-12)27-19(11-4-6-14(26)7-5-11)20(23(27)32)28-21(30)16-2-1-3-17(29(33)34)18(16)22(28)31/h1-10,19-20H/t19-,20-/m1/s1. The number of carbonyl (C=O) groups is 3. The van der Waals surface area contributed by atoms with Gasteiger partial charge in [0.2, 0.25) is 0 Å². The Hall–Kier alpha value is -3.82. The highest BCUT2D eigenvalue weighted by molar-refractivity contribution is 6.35. The smallest absolute Gasteiger partial charge is 0.282 e. The van der Waals surface area contributed by atoms with E-state index in [0.29, 0.717) is 11.3 Å². The fourth-order valence-corrected chi connectivity index (χ4v) is 4.89. The van der Waals surface area contributed by atoms with E-state index in [-0.39, 0.29) is 21.2 Å². The summed E-state index contributed by atoms with van der Waals surface area (Å²) in [5.41, 5.74) is -0.299. The molecule has 3 amide bonds. The first-order valence-corrected chi connectivity index (χ1v) is 10.6. The largest absolute Gasteiger partial charge is 0.300 e. The number of anilines is 1.